The van der Waals surface area contributed by atoms with Gasteiger partial charge in [0, 0.05) is 43.6 Å². The lowest BCUT2D eigenvalue weighted by molar-refractivity contribution is 0.671. The van der Waals surface area contributed by atoms with Crippen molar-refractivity contribution in [1.82, 2.24) is 0 Å². The molecule has 80 valence electrons. The highest BCUT2D eigenvalue weighted by Gasteiger charge is 2.08. The smallest absolute Gasteiger partial charge is 0.0291 e. The van der Waals surface area contributed by atoms with Crippen LogP contribution in [0.4, 0.5) is 0 Å². The Kier molecular flexibility index (Phi) is 6.86. The fourth-order valence-corrected chi connectivity index (χ4v) is 2.80. The Labute approximate surface area is 86.4 Å². The summed E-state index contributed by atoms with van der Waals surface area (Å²) in [4.78, 5) is 0. The van der Waals surface area contributed by atoms with Gasteiger partial charge in [-0.25, -0.2) is 0 Å². The van der Waals surface area contributed by atoms with Crippen molar-refractivity contribution < 1.29 is 8.42 Å². The summed E-state index contributed by atoms with van der Waals surface area (Å²) in [5.41, 5.74) is 0. The Morgan fingerprint density at radius 1 is 0.846 bits per heavy atom. The summed E-state index contributed by atoms with van der Waals surface area (Å²) in [7, 11) is -1.47. The van der Waals surface area contributed by atoms with Gasteiger partial charge in [0.1, 0.15) is 0 Å². The lowest BCUT2D eigenvalue weighted by atomic mass is 10.5. The van der Waals surface area contributed by atoms with Crippen molar-refractivity contribution in [2.75, 3.05) is 11.5 Å². The SMILES string of the molecule is CC(C)S(=O)CCCS(=O)C(C)C. The maximum Gasteiger partial charge on any atom is 0.0291 e. The summed E-state index contributed by atoms with van der Waals surface area (Å²) < 4.78 is 22.6. The molecule has 0 spiro atoms. The van der Waals surface area contributed by atoms with Gasteiger partial charge in [0.15, 0.2) is 0 Å². The van der Waals surface area contributed by atoms with E-state index >= 15 is 0 Å². The third-order valence-electron chi connectivity index (χ3n) is 1.74. The summed E-state index contributed by atoms with van der Waals surface area (Å²) in [6.45, 7) is 7.82. The van der Waals surface area contributed by atoms with E-state index in [1.807, 2.05) is 27.7 Å². The van der Waals surface area contributed by atoms with Crippen LogP contribution in [0.1, 0.15) is 34.1 Å². The summed E-state index contributed by atoms with van der Waals surface area (Å²) in [5.74, 6) is 1.38. The van der Waals surface area contributed by atoms with Crippen LogP contribution in [0, 0.1) is 0 Å². The molecule has 0 aromatic heterocycles. The topological polar surface area (TPSA) is 34.1 Å². The van der Waals surface area contributed by atoms with Gasteiger partial charge in [0.05, 0.1) is 0 Å². The molecular weight excluding hydrogens is 204 g/mol. The average molecular weight is 224 g/mol. The summed E-state index contributed by atoms with van der Waals surface area (Å²) in [6.07, 6.45) is 0.815. The number of rotatable bonds is 6. The van der Waals surface area contributed by atoms with E-state index in [4.69, 9.17) is 0 Å². The first kappa shape index (κ1) is 13.3. The fraction of sp³-hybridized carbons (Fsp3) is 1.00. The molecule has 0 aliphatic rings. The van der Waals surface area contributed by atoms with Gasteiger partial charge in [-0.1, -0.05) is 27.7 Å². The van der Waals surface area contributed by atoms with Gasteiger partial charge in [0.2, 0.25) is 0 Å². The Hall–Kier alpha value is 0.300. The Bertz CT molecular complexity index is 168. The minimum absolute atomic E-state index is 0.229. The molecule has 0 fully saturated rings. The van der Waals surface area contributed by atoms with Crippen LogP contribution in [0.25, 0.3) is 0 Å². The molecule has 2 unspecified atom stereocenters. The van der Waals surface area contributed by atoms with Crippen molar-refractivity contribution in [3.05, 3.63) is 0 Å². The van der Waals surface area contributed by atoms with Crippen LogP contribution < -0.4 is 0 Å². The maximum absolute atomic E-state index is 11.3. The molecule has 0 N–H and O–H groups in total. The largest absolute Gasteiger partial charge is 0.259 e. The zero-order valence-corrected chi connectivity index (χ0v) is 10.5. The van der Waals surface area contributed by atoms with Gasteiger partial charge in [-0.15, -0.1) is 0 Å². The third kappa shape index (κ3) is 6.38. The molecule has 2 nitrogen and oxygen atoms in total. The highest BCUT2D eigenvalue weighted by molar-refractivity contribution is 7.86. The first-order valence-corrected chi connectivity index (χ1v) is 7.46. The summed E-state index contributed by atoms with van der Waals surface area (Å²) in [5, 5.41) is 0.458. The van der Waals surface area contributed by atoms with Gasteiger partial charge >= 0.3 is 0 Å². The standard InChI is InChI=1S/C9H20O2S2/c1-8(2)12(10)6-5-7-13(11)9(3)4/h8-9H,5-7H2,1-4H3. The van der Waals surface area contributed by atoms with Crippen molar-refractivity contribution in [2.24, 2.45) is 0 Å². The molecule has 0 radical (unpaired) electrons. The van der Waals surface area contributed by atoms with Crippen LogP contribution >= 0.6 is 0 Å². The number of hydrogen-bond acceptors (Lipinski definition) is 2. The van der Waals surface area contributed by atoms with Crippen molar-refractivity contribution in [1.29, 1.82) is 0 Å². The minimum atomic E-state index is -0.736. The molecule has 0 saturated carbocycles. The average Bonchev–Trinajstić information content (AvgIpc) is 2.03. The second kappa shape index (κ2) is 6.71. The zero-order valence-electron chi connectivity index (χ0n) is 8.91. The maximum atomic E-state index is 11.3. The molecule has 0 amide bonds. The Balaban J connectivity index is 3.57. The molecule has 0 bridgehead atoms. The van der Waals surface area contributed by atoms with E-state index in [0.717, 1.165) is 6.42 Å². The van der Waals surface area contributed by atoms with E-state index in [0.29, 0.717) is 11.5 Å². The first-order valence-electron chi connectivity index (χ1n) is 4.69. The normalized spacial score (nSPS) is 16.5. The Morgan fingerprint density at radius 3 is 1.38 bits per heavy atom. The monoisotopic (exact) mass is 224 g/mol. The summed E-state index contributed by atoms with van der Waals surface area (Å²) >= 11 is 0. The molecule has 4 heteroatoms. The molecule has 0 aliphatic heterocycles. The van der Waals surface area contributed by atoms with Crippen molar-refractivity contribution in [3.63, 3.8) is 0 Å². The summed E-state index contributed by atoms with van der Waals surface area (Å²) in [6, 6.07) is 0. The predicted octanol–water partition coefficient (Wildman–Crippen LogP) is 1.69. The van der Waals surface area contributed by atoms with E-state index in [1.165, 1.54) is 0 Å². The van der Waals surface area contributed by atoms with Crippen LogP contribution in [0.2, 0.25) is 0 Å². The first-order chi connectivity index (χ1) is 5.95. The Morgan fingerprint density at radius 2 is 1.15 bits per heavy atom. The molecule has 2 atom stereocenters. The van der Waals surface area contributed by atoms with Crippen LogP contribution in [-0.4, -0.2) is 30.4 Å². The van der Waals surface area contributed by atoms with Crippen molar-refractivity contribution in [2.45, 2.75) is 44.6 Å². The molecule has 0 aromatic rings. The van der Waals surface area contributed by atoms with Crippen LogP contribution in [0.15, 0.2) is 0 Å². The van der Waals surface area contributed by atoms with E-state index in [9.17, 15) is 8.42 Å². The second-order valence-corrected chi connectivity index (χ2v) is 7.85. The number of hydrogen-bond donors (Lipinski definition) is 0. The molecule has 0 aromatic carbocycles. The third-order valence-corrected chi connectivity index (χ3v) is 5.23. The van der Waals surface area contributed by atoms with Gasteiger partial charge in [0.25, 0.3) is 0 Å². The highest BCUT2D eigenvalue weighted by Crippen LogP contribution is 2.00. The van der Waals surface area contributed by atoms with E-state index in [-0.39, 0.29) is 10.5 Å². The van der Waals surface area contributed by atoms with Crippen LogP contribution in [-0.2, 0) is 21.6 Å². The molecular formula is C9H20O2S2. The van der Waals surface area contributed by atoms with Crippen molar-refractivity contribution >= 4 is 21.6 Å². The van der Waals surface area contributed by atoms with Gasteiger partial charge < -0.3 is 0 Å². The molecule has 0 heterocycles. The predicted molar refractivity (Wildman–Crippen MR) is 60.9 cm³/mol. The molecule has 0 rings (SSSR count). The van der Waals surface area contributed by atoms with E-state index < -0.39 is 21.6 Å². The lowest BCUT2D eigenvalue weighted by Gasteiger charge is -2.06. The fourth-order valence-electron chi connectivity index (χ4n) is 0.815. The van der Waals surface area contributed by atoms with Crippen molar-refractivity contribution in [3.8, 4) is 0 Å². The second-order valence-electron chi connectivity index (χ2n) is 3.62. The highest BCUT2D eigenvalue weighted by atomic mass is 32.2. The van der Waals surface area contributed by atoms with Gasteiger partial charge in [-0.2, -0.15) is 0 Å². The lowest BCUT2D eigenvalue weighted by Crippen LogP contribution is -2.15. The quantitative estimate of drug-likeness (QED) is 0.688. The molecule has 13 heavy (non-hydrogen) atoms. The van der Waals surface area contributed by atoms with Crippen LogP contribution in [0.5, 0.6) is 0 Å². The van der Waals surface area contributed by atoms with E-state index in [2.05, 4.69) is 0 Å². The van der Waals surface area contributed by atoms with E-state index in [1.54, 1.807) is 0 Å². The minimum Gasteiger partial charge on any atom is -0.259 e. The van der Waals surface area contributed by atoms with Crippen LogP contribution in [0.3, 0.4) is 0 Å². The molecule has 0 saturated heterocycles. The van der Waals surface area contributed by atoms with Gasteiger partial charge in [-0.05, 0) is 6.42 Å². The van der Waals surface area contributed by atoms with Gasteiger partial charge in [-0.3, -0.25) is 8.42 Å². The molecule has 0 aliphatic carbocycles. The zero-order chi connectivity index (χ0) is 10.4.